The summed E-state index contributed by atoms with van der Waals surface area (Å²) in [4.78, 5) is 0. The summed E-state index contributed by atoms with van der Waals surface area (Å²) < 4.78 is 0. The van der Waals surface area contributed by atoms with Crippen LogP contribution in [0.2, 0.25) is 10.0 Å². The van der Waals surface area contributed by atoms with E-state index in [1.54, 1.807) is 0 Å². The van der Waals surface area contributed by atoms with Crippen molar-refractivity contribution in [3.05, 3.63) is 33.8 Å². The van der Waals surface area contributed by atoms with Crippen molar-refractivity contribution in [1.82, 2.24) is 5.32 Å². The number of rotatable bonds is 9. The van der Waals surface area contributed by atoms with Gasteiger partial charge in [0.2, 0.25) is 0 Å². The smallest absolute Gasteiger partial charge is 0.0439 e. The minimum Gasteiger partial charge on any atom is -0.317 e. The molecule has 0 bridgehead atoms. The molecular weight excluding hydrogens is 277 g/mol. The summed E-state index contributed by atoms with van der Waals surface area (Å²) in [5.74, 6) is 0. The number of hydrogen-bond acceptors (Lipinski definition) is 1. The molecule has 0 heterocycles. The van der Waals surface area contributed by atoms with Gasteiger partial charge in [-0.05, 0) is 43.7 Å². The van der Waals surface area contributed by atoms with Gasteiger partial charge in [0.05, 0.1) is 0 Å². The van der Waals surface area contributed by atoms with E-state index in [1.165, 1.54) is 38.5 Å². The quantitative estimate of drug-likeness (QED) is 0.595. The summed E-state index contributed by atoms with van der Waals surface area (Å²) in [6, 6.07) is 6.18. The van der Waals surface area contributed by atoms with Gasteiger partial charge in [-0.25, -0.2) is 0 Å². The van der Waals surface area contributed by atoms with Crippen molar-refractivity contribution in [2.24, 2.45) is 0 Å². The molecule has 0 saturated carbocycles. The van der Waals surface area contributed by atoms with Crippen LogP contribution in [0.1, 0.15) is 51.0 Å². The predicted molar refractivity (Wildman–Crippen MR) is 86.4 cm³/mol. The van der Waals surface area contributed by atoms with Gasteiger partial charge in [0, 0.05) is 16.1 Å². The molecule has 1 aromatic rings. The zero-order valence-electron chi connectivity index (χ0n) is 12.0. The standard InChI is InChI=1S/C16H25Cl2N/c1-3-4-5-6-7-8-15(19-2)12-13-11-14(17)9-10-16(13)18/h9-11,15,19H,3-8,12H2,1-2H3. The van der Waals surface area contributed by atoms with Crippen molar-refractivity contribution >= 4 is 23.2 Å². The lowest BCUT2D eigenvalue weighted by Crippen LogP contribution is -2.27. The number of likely N-dealkylation sites (N-methyl/N-ethyl adjacent to an activating group) is 1. The first-order chi connectivity index (χ1) is 9.17. The van der Waals surface area contributed by atoms with Crippen LogP contribution in [-0.2, 0) is 6.42 Å². The van der Waals surface area contributed by atoms with Crippen molar-refractivity contribution in [3.63, 3.8) is 0 Å². The molecule has 1 nitrogen and oxygen atoms in total. The summed E-state index contributed by atoms with van der Waals surface area (Å²) in [5.41, 5.74) is 1.14. The van der Waals surface area contributed by atoms with Crippen LogP contribution in [0.5, 0.6) is 0 Å². The average molecular weight is 302 g/mol. The second-order valence-corrected chi connectivity index (χ2v) is 5.97. The molecule has 1 rings (SSSR count). The second kappa shape index (κ2) is 9.63. The van der Waals surface area contributed by atoms with Crippen LogP contribution in [-0.4, -0.2) is 13.1 Å². The van der Waals surface area contributed by atoms with E-state index in [4.69, 9.17) is 23.2 Å². The van der Waals surface area contributed by atoms with E-state index in [2.05, 4.69) is 12.2 Å². The fourth-order valence-corrected chi connectivity index (χ4v) is 2.70. The second-order valence-electron chi connectivity index (χ2n) is 5.13. The van der Waals surface area contributed by atoms with E-state index in [9.17, 15) is 0 Å². The molecule has 0 aliphatic heterocycles. The lowest BCUT2D eigenvalue weighted by Gasteiger charge is -2.17. The number of nitrogens with one attached hydrogen (secondary N) is 1. The van der Waals surface area contributed by atoms with Crippen LogP contribution in [0, 0.1) is 0 Å². The fourth-order valence-electron chi connectivity index (χ4n) is 2.31. The van der Waals surface area contributed by atoms with Crippen LogP contribution in [0.3, 0.4) is 0 Å². The molecule has 1 unspecified atom stereocenters. The highest BCUT2D eigenvalue weighted by atomic mass is 35.5. The van der Waals surface area contributed by atoms with E-state index in [0.29, 0.717) is 6.04 Å². The summed E-state index contributed by atoms with van der Waals surface area (Å²) in [6.45, 7) is 2.25. The molecule has 0 spiro atoms. The largest absolute Gasteiger partial charge is 0.317 e. The predicted octanol–water partition coefficient (Wildman–Crippen LogP) is 5.48. The van der Waals surface area contributed by atoms with E-state index < -0.39 is 0 Å². The van der Waals surface area contributed by atoms with E-state index in [1.807, 2.05) is 25.2 Å². The van der Waals surface area contributed by atoms with Gasteiger partial charge in [0.15, 0.2) is 0 Å². The zero-order valence-corrected chi connectivity index (χ0v) is 13.5. The molecule has 0 aliphatic carbocycles. The van der Waals surface area contributed by atoms with Gasteiger partial charge in [-0.1, -0.05) is 62.2 Å². The molecule has 0 radical (unpaired) electrons. The zero-order chi connectivity index (χ0) is 14.1. The van der Waals surface area contributed by atoms with Gasteiger partial charge in [-0.3, -0.25) is 0 Å². The van der Waals surface area contributed by atoms with E-state index in [-0.39, 0.29) is 0 Å². The summed E-state index contributed by atoms with van der Waals surface area (Å²) in [5, 5.41) is 4.96. The molecule has 0 aliphatic rings. The molecular formula is C16H25Cl2N. The normalized spacial score (nSPS) is 12.6. The molecule has 1 aromatic carbocycles. The van der Waals surface area contributed by atoms with Gasteiger partial charge < -0.3 is 5.32 Å². The van der Waals surface area contributed by atoms with Crippen molar-refractivity contribution in [2.45, 2.75) is 57.9 Å². The summed E-state index contributed by atoms with van der Waals surface area (Å²) in [7, 11) is 2.02. The fraction of sp³-hybridized carbons (Fsp3) is 0.625. The molecule has 19 heavy (non-hydrogen) atoms. The van der Waals surface area contributed by atoms with Gasteiger partial charge >= 0.3 is 0 Å². The molecule has 1 atom stereocenters. The minimum atomic E-state index is 0.484. The maximum absolute atomic E-state index is 6.21. The SMILES string of the molecule is CCCCCCCC(Cc1cc(Cl)ccc1Cl)NC. The molecule has 0 amide bonds. The van der Waals surface area contributed by atoms with Crippen LogP contribution in [0.15, 0.2) is 18.2 Å². The lowest BCUT2D eigenvalue weighted by molar-refractivity contribution is 0.482. The van der Waals surface area contributed by atoms with Crippen molar-refractivity contribution in [3.8, 4) is 0 Å². The Kier molecular flexibility index (Phi) is 8.52. The number of hydrogen-bond donors (Lipinski definition) is 1. The molecule has 1 N–H and O–H groups in total. The minimum absolute atomic E-state index is 0.484. The Balaban J connectivity index is 2.41. The van der Waals surface area contributed by atoms with Crippen molar-refractivity contribution in [1.29, 1.82) is 0 Å². The van der Waals surface area contributed by atoms with Crippen LogP contribution in [0.4, 0.5) is 0 Å². The third kappa shape index (κ3) is 6.65. The summed E-state index contributed by atoms with van der Waals surface area (Å²) in [6.07, 6.45) is 8.76. The molecule has 3 heteroatoms. The first-order valence-corrected chi connectivity index (χ1v) is 8.04. The maximum Gasteiger partial charge on any atom is 0.0439 e. The first-order valence-electron chi connectivity index (χ1n) is 7.28. The number of benzene rings is 1. The topological polar surface area (TPSA) is 12.0 Å². The maximum atomic E-state index is 6.21. The van der Waals surface area contributed by atoms with Gasteiger partial charge in [-0.2, -0.15) is 0 Å². The number of unbranched alkanes of at least 4 members (excludes halogenated alkanes) is 4. The third-order valence-electron chi connectivity index (χ3n) is 3.54. The highest BCUT2D eigenvalue weighted by Gasteiger charge is 2.10. The Labute approximate surface area is 127 Å². The Morgan fingerprint density at radius 1 is 1.11 bits per heavy atom. The van der Waals surface area contributed by atoms with Crippen LogP contribution < -0.4 is 5.32 Å². The Hall–Kier alpha value is -0.240. The monoisotopic (exact) mass is 301 g/mol. The van der Waals surface area contributed by atoms with Gasteiger partial charge in [-0.15, -0.1) is 0 Å². The molecule has 0 aromatic heterocycles. The molecule has 0 saturated heterocycles. The first kappa shape index (κ1) is 16.8. The van der Waals surface area contributed by atoms with Crippen molar-refractivity contribution < 1.29 is 0 Å². The highest BCUT2D eigenvalue weighted by Crippen LogP contribution is 2.23. The van der Waals surface area contributed by atoms with E-state index >= 15 is 0 Å². The highest BCUT2D eigenvalue weighted by molar-refractivity contribution is 6.33. The van der Waals surface area contributed by atoms with Gasteiger partial charge in [0.1, 0.15) is 0 Å². The Bertz CT molecular complexity index is 366. The molecule has 108 valence electrons. The summed E-state index contributed by atoms with van der Waals surface area (Å²) >= 11 is 12.2. The molecule has 0 fully saturated rings. The van der Waals surface area contributed by atoms with Crippen LogP contribution in [0.25, 0.3) is 0 Å². The van der Waals surface area contributed by atoms with Gasteiger partial charge in [0.25, 0.3) is 0 Å². The average Bonchev–Trinajstić information content (AvgIpc) is 2.41. The van der Waals surface area contributed by atoms with Crippen LogP contribution >= 0.6 is 23.2 Å². The van der Waals surface area contributed by atoms with E-state index in [0.717, 1.165) is 22.0 Å². The third-order valence-corrected chi connectivity index (χ3v) is 4.14. The Morgan fingerprint density at radius 3 is 2.53 bits per heavy atom. The van der Waals surface area contributed by atoms with Crippen molar-refractivity contribution in [2.75, 3.05) is 7.05 Å². The lowest BCUT2D eigenvalue weighted by atomic mass is 10.00. The Morgan fingerprint density at radius 2 is 1.84 bits per heavy atom. The number of halogens is 2.